The largest absolute Gasteiger partial charge is 0.490 e. The smallest absolute Gasteiger partial charge is 0.330 e. The highest BCUT2D eigenvalue weighted by Crippen LogP contribution is 2.29. The fourth-order valence-electron chi connectivity index (χ4n) is 2.07. The van der Waals surface area contributed by atoms with Crippen LogP contribution in [0.4, 0.5) is 11.4 Å². The summed E-state index contributed by atoms with van der Waals surface area (Å²) in [7, 11) is 3.94. The third-order valence-electron chi connectivity index (χ3n) is 3.32. The SMILES string of the molecule is COc1ccc(NC(=O)c2cn(C)c(=O)n(C)c2=O)cc1[N+](=O)[O-]. The van der Waals surface area contributed by atoms with Gasteiger partial charge in [-0.1, -0.05) is 0 Å². The van der Waals surface area contributed by atoms with Crippen molar-refractivity contribution in [1.29, 1.82) is 0 Å². The highest BCUT2D eigenvalue weighted by atomic mass is 16.6. The third-order valence-corrected chi connectivity index (χ3v) is 3.32. The first kappa shape index (κ1) is 16.9. The second-order valence-electron chi connectivity index (χ2n) is 4.90. The number of nitrogens with zero attached hydrogens (tertiary/aromatic N) is 3. The summed E-state index contributed by atoms with van der Waals surface area (Å²) < 4.78 is 6.76. The minimum absolute atomic E-state index is 0.0380. The molecule has 2 rings (SSSR count). The van der Waals surface area contributed by atoms with Crippen LogP contribution in [0.5, 0.6) is 5.75 Å². The Hall–Kier alpha value is -3.43. The molecule has 0 saturated carbocycles. The summed E-state index contributed by atoms with van der Waals surface area (Å²) >= 11 is 0. The number of amides is 1. The first-order valence-electron chi connectivity index (χ1n) is 6.66. The summed E-state index contributed by atoms with van der Waals surface area (Å²) in [5.74, 6) is -0.748. The first-order valence-corrected chi connectivity index (χ1v) is 6.66. The Morgan fingerprint density at radius 1 is 1.29 bits per heavy atom. The van der Waals surface area contributed by atoms with Crippen LogP contribution in [0.15, 0.2) is 34.0 Å². The van der Waals surface area contributed by atoms with Gasteiger partial charge >= 0.3 is 11.4 Å². The number of ether oxygens (including phenoxy) is 1. The highest BCUT2D eigenvalue weighted by Gasteiger charge is 2.18. The maximum absolute atomic E-state index is 12.2. The minimum atomic E-state index is -0.786. The van der Waals surface area contributed by atoms with Crippen molar-refractivity contribution in [3.63, 3.8) is 0 Å². The maximum Gasteiger partial charge on any atom is 0.330 e. The average molecular weight is 334 g/mol. The van der Waals surface area contributed by atoms with Crippen molar-refractivity contribution in [2.45, 2.75) is 0 Å². The van der Waals surface area contributed by atoms with E-state index in [1.165, 1.54) is 33.3 Å². The molecule has 24 heavy (non-hydrogen) atoms. The van der Waals surface area contributed by atoms with Gasteiger partial charge in [0, 0.05) is 32.0 Å². The Kier molecular flexibility index (Phi) is 4.49. The number of carbonyl (C=O) groups is 1. The number of anilines is 1. The van der Waals surface area contributed by atoms with Gasteiger partial charge in [0.1, 0.15) is 5.56 Å². The monoisotopic (exact) mass is 334 g/mol. The van der Waals surface area contributed by atoms with E-state index in [0.717, 1.165) is 21.4 Å². The molecule has 0 aliphatic heterocycles. The lowest BCUT2D eigenvalue weighted by molar-refractivity contribution is -0.385. The average Bonchev–Trinajstić information content (AvgIpc) is 2.55. The van der Waals surface area contributed by atoms with Gasteiger partial charge in [-0.05, 0) is 12.1 Å². The number of benzene rings is 1. The fourth-order valence-corrected chi connectivity index (χ4v) is 2.07. The van der Waals surface area contributed by atoms with Gasteiger partial charge in [-0.3, -0.25) is 24.3 Å². The quantitative estimate of drug-likeness (QED) is 0.631. The maximum atomic E-state index is 12.2. The number of rotatable bonds is 4. The molecule has 10 heteroatoms. The minimum Gasteiger partial charge on any atom is -0.490 e. The lowest BCUT2D eigenvalue weighted by Gasteiger charge is -2.09. The zero-order valence-electron chi connectivity index (χ0n) is 13.1. The summed E-state index contributed by atoms with van der Waals surface area (Å²) in [5.41, 5.74) is -1.82. The molecule has 0 atom stereocenters. The molecule has 2 aromatic rings. The van der Waals surface area contributed by atoms with Gasteiger partial charge in [0.15, 0.2) is 5.75 Å². The van der Waals surface area contributed by atoms with Gasteiger partial charge in [-0.2, -0.15) is 0 Å². The van der Waals surface area contributed by atoms with Crippen LogP contribution < -0.4 is 21.3 Å². The van der Waals surface area contributed by atoms with E-state index < -0.39 is 22.1 Å². The van der Waals surface area contributed by atoms with Crippen molar-refractivity contribution >= 4 is 17.3 Å². The number of aryl methyl sites for hydroxylation is 1. The van der Waals surface area contributed by atoms with E-state index in [1.54, 1.807) is 0 Å². The molecular weight excluding hydrogens is 320 g/mol. The van der Waals surface area contributed by atoms with Crippen LogP contribution in [-0.2, 0) is 14.1 Å². The lowest BCUT2D eigenvalue weighted by Crippen LogP contribution is -2.40. The molecule has 10 nitrogen and oxygen atoms in total. The van der Waals surface area contributed by atoms with E-state index in [-0.39, 0.29) is 22.7 Å². The molecule has 126 valence electrons. The number of carbonyl (C=O) groups excluding carboxylic acids is 1. The van der Waals surface area contributed by atoms with Crippen LogP contribution in [0, 0.1) is 10.1 Å². The van der Waals surface area contributed by atoms with Crippen LogP contribution in [0.2, 0.25) is 0 Å². The van der Waals surface area contributed by atoms with Gasteiger partial charge in [-0.15, -0.1) is 0 Å². The molecular formula is C14H14N4O6. The van der Waals surface area contributed by atoms with Crippen LogP contribution in [0.1, 0.15) is 10.4 Å². The van der Waals surface area contributed by atoms with Crippen molar-refractivity contribution in [2.24, 2.45) is 14.1 Å². The predicted octanol–water partition coefficient (Wildman–Crippen LogP) is 0.253. The number of nitrogens with one attached hydrogen (secondary N) is 1. The molecule has 0 spiro atoms. The van der Waals surface area contributed by atoms with Gasteiger partial charge in [0.25, 0.3) is 11.5 Å². The van der Waals surface area contributed by atoms with Crippen molar-refractivity contribution in [2.75, 3.05) is 12.4 Å². The molecule has 0 bridgehead atoms. The van der Waals surface area contributed by atoms with Gasteiger partial charge in [0.2, 0.25) is 0 Å². The Bertz CT molecular complexity index is 943. The molecule has 0 unspecified atom stereocenters. The van der Waals surface area contributed by atoms with Gasteiger partial charge in [-0.25, -0.2) is 4.79 Å². The molecule has 1 aromatic carbocycles. The summed E-state index contributed by atoms with van der Waals surface area (Å²) in [6.45, 7) is 0. The summed E-state index contributed by atoms with van der Waals surface area (Å²) in [6.07, 6.45) is 1.11. The Balaban J connectivity index is 2.41. The van der Waals surface area contributed by atoms with Crippen LogP contribution in [0.25, 0.3) is 0 Å². The predicted molar refractivity (Wildman–Crippen MR) is 84.5 cm³/mol. The Morgan fingerprint density at radius 3 is 2.54 bits per heavy atom. The zero-order valence-corrected chi connectivity index (χ0v) is 13.1. The number of aromatic nitrogens is 2. The van der Waals surface area contributed by atoms with E-state index in [4.69, 9.17) is 4.74 Å². The molecule has 0 aliphatic carbocycles. The van der Waals surface area contributed by atoms with Crippen molar-refractivity contribution in [1.82, 2.24) is 9.13 Å². The van der Waals surface area contributed by atoms with Crippen molar-refractivity contribution < 1.29 is 14.5 Å². The molecule has 1 N–H and O–H groups in total. The highest BCUT2D eigenvalue weighted by molar-refractivity contribution is 6.04. The summed E-state index contributed by atoms with van der Waals surface area (Å²) in [6, 6.07) is 3.84. The zero-order chi connectivity index (χ0) is 18.0. The van der Waals surface area contributed by atoms with E-state index in [0.29, 0.717) is 0 Å². The van der Waals surface area contributed by atoms with E-state index in [1.807, 2.05) is 0 Å². The Morgan fingerprint density at radius 2 is 1.96 bits per heavy atom. The number of hydrogen-bond acceptors (Lipinski definition) is 6. The van der Waals surface area contributed by atoms with Crippen LogP contribution >= 0.6 is 0 Å². The second kappa shape index (κ2) is 6.36. The molecule has 0 fully saturated rings. The van der Waals surface area contributed by atoms with Crippen LogP contribution in [-0.4, -0.2) is 27.1 Å². The molecule has 1 heterocycles. The van der Waals surface area contributed by atoms with Gasteiger partial charge < -0.3 is 14.6 Å². The number of nitro benzene ring substituents is 1. The lowest BCUT2D eigenvalue weighted by atomic mass is 10.2. The van der Waals surface area contributed by atoms with Crippen molar-refractivity contribution in [3.05, 3.63) is 60.9 Å². The van der Waals surface area contributed by atoms with Gasteiger partial charge in [0.05, 0.1) is 12.0 Å². The van der Waals surface area contributed by atoms with E-state index >= 15 is 0 Å². The van der Waals surface area contributed by atoms with Crippen LogP contribution in [0.3, 0.4) is 0 Å². The van der Waals surface area contributed by atoms with Crippen molar-refractivity contribution in [3.8, 4) is 5.75 Å². The molecule has 0 saturated heterocycles. The van der Waals surface area contributed by atoms with E-state index in [9.17, 15) is 24.5 Å². The number of nitro groups is 1. The standard InChI is InChI=1S/C14H14N4O6/c1-16-7-9(13(20)17(2)14(16)21)12(19)15-8-4-5-11(24-3)10(6-8)18(22)23/h4-7H,1-3H3,(H,15,19). The number of hydrogen-bond donors (Lipinski definition) is 1. The fraction of sp³-hybridized carbons (Fsp3) is 0.214. The topological polar surface area (TPSA) is 125 Å². The van der Waals surface area contributed by atoms with E-state index in [2.05, 4.69) is 5.32 Å². The summed E-state index contributed by atoms with van der Waals surface area (Å²) in [5, 5.41) is 13.4. The molecule has 1 amide bonds. The number of methoxy groups -OCH3 is 1. The Labute approximate surface area is 135 Å². The third kappa shape index (κ3) is 3.02. The molecule has 0 radical (unpaired) electrons. The normalized spacial score (nSPS) is 10.3. The first-order chi connectivity index (χ1) is 11.3. The molecule has 1 aromatic heterocycles. The molecule has 0 aliphatic rings. The summed E-state index contributed by atoms with van der Waals surface area (Å²) in [4.78, 5) is 46.2. The second-order valence-corrected chi connectivity index (χ2v) is 4.90.